The molecule has 3 aliphatic carbocycles. The van der Waals surface area contributed by atoms with Crippen LogP contribution in [0.2, 0.25) is 0 Å². The van der Waals surface area contributed by atoms with Crippen molar-refractivity contribution >= 4 is 5.78 Å². The van der Waals surface area contributed by atoms with E-state index in [1.54, 1.807) is 0 Å². The molecule has 0 N–H and O–H groups in total. The maximum atomic E-state index is 11.9. The maximum Gasteiger partial charge on any atom is 0.155 e. The lowest BCUT2D eigenvalue weighted by molar-refractivity contribution is -0.116. The first-order valence-electron chi connectivity index (χ1n) is 7.76. The molecule has 0 spiro atoms. The fraction of sp³-hybridized carbons (Fsp3) is 0.722. The van der Waals surface area contributed by atoms with E-state index in [9.17, 15) is 4.79 Å². The number of ketones is 1. The first-order chi connectivity index (χ1) is 8.86. The molecule has 0 amide bonds. The largest absolute Gasteiger partial charge is 0.295 e. The number of fused-ring (bicyclic) bond motifs is 3. The summed E-state index contributed by atoms with van der Waals surface area (Å²) in [6.07, 6.45) is 8.99. The van der Waals surface area contributed by atoms with E-state index in [-0.39, 0.29) is 5.41 Å². The molecule has 1 heteroatoms. The summed E-state index contributed by atoms with van der Waals surface area (Å²) in [7, 11) is 0. The van der Waals surface area contributed by atoms with E-state index in [4.69, 9.17) is 0 Å². The third-order valence-corrected chi connectivity index (χ3v) is 6.33. The quantitative estimate of drug-likeness (QED) is 0.624. The van der Waals surface area contributed by atoms with Gasteiger partial charge in [0.1, 0.15) is 0 Å². The lowest BCUT2D eigenvalue weighted by Gasteiger charge is -2.51. The Morgan fingerprint density at radius 1 is 1.26 bits per heavy atom. The van der Waals surface area contributed by atoms with Crippen LogP contribution in [0.25, 0.3) is 0 Å². The fourth-order valence-electron chi connectivity index (χ4n) is 4.96. The summed E-state index contributed by atoms with van der Waals surface area (Å²) < 4.78 is 0. The predicted molar refractivity (Wildman–Crippen MR) is 78.8 cm³/mol. The van der Waals surface area contributed by atoms with Crippen LogP contribution in [-0.2, 0) is 4.79 Å². The summed E-state index contributed by atoms with van der Waals surface area (Å²) in [5, 5.41) is 0. The van der Waals surface area contributed by atoms with E-state index in [0.717, 1.165) is 12.8 Å². The number of rotatable bonds is 1. The molecule has 3 aliphatic rings. The lowest BCUT2D eigenvalue weighted by Crippen LogP contribution is -2.42. The van der Waals surface area contributed by atoms with Crippen LogP contribution < -0.4 is 0 Å². The molecule has 0 saturated heterocycles. The SMILES string of the molecule is C=C(C)[C@@H]1CC[C@]2(C)CC[C@@]3(C)CCC(=O)C=C3[C@@H]12. The van der Waals surface area contributed by atoms with Gasteiger partial charge in [-0.3, -0.25) is 4.79 Å². The molecule has 3 rings (SSSR count). The second kappa shape index (κ2) is 4.07. The Kier molecular flexibility index (Phi) is 2.82. The average Bonchev–Trinajstić information content (AvgIpc) is 2.69. The topological polar surface area (TPSA) is 17.1 Å². The van der Waals surface area contributed by atoms with Gasteiger partial charge in [0.15, 0.2) is 5.78 Å². The van der Waals surface area contributed by atoms with Crippen molar-refractivity contribution in [3.63, 3.8) is 0 Å². The molecule has 0 unspecified atom stereocenters. The third-order valence-electron chi connectivity index (χ3n) is 6.33. The van der Waals surface area contributed by atoms with Crippen molar-refractivity contribution < 1.29 is 4.79 Å². The van der Waals surface area contributed by atoms with Gasteiger partial charge in [0.25, 0.3) is 0 Å². The molecular formula is C18H26O. The molecule has 0 aromatic carbocycles. The van der Waals surface area contributed by atoms with Crippen molar-refractivity contribution in [3.05, 3.63) is 23.8 Å². The van der Waals surface area contributed by atoms with Crippen LogP contribution in [0.1, 0.15) is 59.3 Å². The molecule has 1 nitrogen and oxygen atoms in total. The van der Waals surface area contributed by atoms with Crippen molar-refractivity contribution in [1.29, 1.82) is 0 Å². The van der Waals surface area contributed by atoms with E-state index in [1.807, 2.05) is 6.08 Å². The van der Waals surface area contributed by atoms with E-state index < -0.39 is 0 Å². The van der Waals surface area contributed by atoms with Gasteiger partial charge < -0.3 is 0 Å². The van der Waals surface area contributed by atoms with Crippen molar-refractivity contribution in [2.75, 3.05) is 0 Å². The molecule has 2 fully saturated rings. The number of allylic oxidation sites excluding steroid dienone is 3. The van der Waals surface area contributed by atoms with Gasteiger partial charge in [0.2, 0.25) is 0 Å². The molecule has 2 saturated carbocycles. The summed E-state index contributed by atoms with van der Waals surface area (Å²) in [5.41, 5.74) is 3.49. The van der Waals surface area contributed by atoms with Gasteiger partial charge >= 0.3 is 0 Å². The molecule has 4 atom stereocenters. The summed E-state index contributed by atoms with van der Waals surface area (Å²) in [5.74, 6) is 1.53. The molecule has 0 aliphatic heterocycles. The second-order valence-electron chi connectivity index (χ2n) is 7.75. The van der Waals surface area contributed by atoms with Gasteiger partial charge in [-0.25, -0.2) is 0 Å². The summed E-state index contributed by atoms with van der Waals surface area (Å²) in [6.45, 7) is 11.2. The first kappa shape index (κ1) is 13.1. The zero-order chi connectivity index (χ0) is 13.8. The number of carbonyl (C=O) groups excluding carboxylic acids is 1. The summed E-state index contributed by atoms with van der Waals surface area (Å²) >= 11 is 0. The fourth-order valence-corrected chi connectivity index (χ4v) is 4.96. The van der Waals surface area contributed by atoms with Gasteiger partial charge in [0, 0.05) is 6.42 Å². The molecule has 104 valence electrons. The van der Waals surface area contributed by atoms with Crippen LogP contribution in [0, 0.1) is 22.7 Å². The summed E-state index contributed by atoms with van der Waals surface area (Å²) in [4.78, 5) is 11.9. The van der Waals surface area contributed by atoms with E-state index >= 15 is 0 Å². The lowest BCUT2D eigenvalue weighted by atomic mass is 9.53. The minimum atomic E-state index is 0.288. The van der Waals surface area contributed by atoms with Crippen LogP contribution in [0.4, 0.5) is 0 Å². The number of hydrogen-bond acceptors (Lipinski definition) is 1. The van der Waals surface area contributed by atoms with Gasteiger partial charge in [0.05, 0.1) is 0 Å². The molecule has 0 radical (unpaired) electrons. The third kappa shape index (κ3) is 1.85. The summed E-state index contributed by atoms with van der Waals surface area (Å²) in [6, 6.07) is 0. The molecule has 0 bridgehead atoms. The normalized spacial score (nSPS) is 45.4. The monoisotopic (exact) mass is 258 g/mol. The van der Waals surface area contributed by atoms with Gasteiger partial charge in [-0.2, -0.15) is 0 Å². The Morgan fingerprint density at radius 3 is 2.68 bits per heavy atom. The van der Waals surface area contributed by atoms with Crippen LogP contribution in [0.3, 0.4) is 0 Å². The van der Waals surface area contributed by atoms with E-state index in [2.05, 4.69) is 27.4 Å². The molecule has 19 heavy (non-hydrogen) atoms. The highest BCUT2D eigenvalue weighted by Gasteiger charge is 2.54. The Balaban J connectivity index is 2.08. The standard InChI is InChI=1S/C18H26O/c1-12(2)14-6-8-18(4)10-9-17(3)7-5-13(19)11-15(17)16(14)18/h11,14,16H,1,5-10H2,2-4H3/t14-,16+,17+,18+/m0/s1. The zero-order valence-electron chi connectivity index (χ0n) is 12.6. The van der Waals surface area contributed by atoms with Crippen LogP contribution in [0.15, 0.2) is 23.8 Å². The van der Waals surface area contributed by atoms with Crippen molar-refractivity contribution in [2.24, 2.45) is 22.7 Å². The van der Waals surface area contributed by atoms with Crippen molar-refractivity contribution in [3.8, 4) is 0 Å². The maximum absolute atomic E-state index is 11.9. The molecular weight excluding hydrogens is 232 g/mol. The Morgan fingerprint density at radius 2 is 2.00 bits per heavy atom. The Bertz CT molecular complexity index is 472. The van der Waals surface area contributed by atoms with E-state index in [1.165, 1.54) is 36.8 Å². The highest BCUT2D eigenvalue weighted by atomic mass is 16.1. The highest BCUT2D eigenvalue weighted by Crippen LogP contribution is 2.64. The van der Waals surface area contributed by atoms with Crippen LogP contribution in [-0.4, -0.2) is 5.78 Å². The highest BCUT2D eigenvalue weighted by molar-refractivity contribution is 5.91. The van der Waals surface area contributed by atoms with Crippen molar-refractivity contribution in [2.45, 2.75) is 59.3 Å². The minimum absolute atomic E-state index is 0.288. The molecule has 0 heterocycles. The number of carbonyl (C=O) groups is 1. The Hall–Kier alpha value is -0.850. The van der Waals surface area contributed by atoms with Gasteiger partial charge in [-0.05, 0) is 67.8 Å². The number of hydrogen-bond donors (Lipinski definition) is 0. The second-order valence-corrected chi connectivity index (χ2v) is 7.75. The van der Waals surface area contributed by atoms with Crippen LogP contribution >= 0.6 is 0 Å². The van der Waals surface area contributed by atoms with Gasteiger partial charge in [-0.15, -0.1) is 0 Å². The van der Waals surface area contributed by atoms with E-state index in [0.29, 0.717) is 23.0 Å². The zero-order valence-corrected chi connectivity index (χ0v) is 12.6. The smallest absolute Gasteiger partial charge is 0.155 e. The van der Waals surface area contributed by atoms with Gasteiger partial charge in [-0.1, -0.05) is 31.6 Å². The predicted octanol–water partition coefficient (Wildman–Crippen LogP) is 4.68. The minimum Gasteiger partial charge on any atom is -0.295 e. The van der Waals surface area contributed by atoms with Crippen molar-refractivity contribution in [1.82, 2.24) is 0 Å². The average molecular weight is 258 g/mol. The Labute approximate surface area is 117 Å². The first-order valence-corrected chi connectivity index (χ1v) is 7.76. The molecule has 0 aromatic heterocycles. The molecule has 0 aromatic rings. The van der Waals surface area contributed by atoms with Crippen LogP contribution in [0.5, 0.6) is 0 Å².